The fraction of sp³-hybridized carbons (Fsp3) is 0.438. The van der Waals surface area contributed by atoms with Crippen LogP contribution in [0.15, 0.2) is 22.7 Å². The summed E-state index contributed by atoms with van der Waals surface area (Å²) in [6, 6.07) is 5.52. The number of amides is 1. The van der Waals surface area contributed by atoms with Gasteiger partial charge < -0.3 is 9.42 Å². The van der Waals surface area contributed by atoms with Gasteiger partial charge in [-0.15, -0.1) is 10.2 Å². The van der Waals surface area contributed by atoms with Crippen LogP contribution in [0.1, 0.15) is 46.5 Å². The van der Waals surface area contributed by atoms with Gasteiger partial charge in [0.1, 0.15) is 5.76 Å². The number of carbonyl (C=O) groups excluding carboxylic acids is 1. The van der Waals surface area contributed by atoms with E-state index in [0.29, 0.717) is 24.5 Å². The largest absolute Gasteiger partial charge is 0.361 e. The molecule has 1 amide bonds. The minimum absolute atomic E-state index is 0.0784. The number of hydrogen-bond acceptors (Lipinski definition) is 6. The van der Waals surface area contributed by atoms with E-state index in [1.807, 2.05) is 28.5 Å². The second kappa shape index (κ2) is 5.70. The Balaban J connectivity index is 1.49. The summed E-state index contributed by atoms with van der Waals surface area (Å²) in [5.41, 5.74) is 2.06. The number of fused-ring (bicyclic) bond motifs is 1. The maximum atomic E-state index is 12.4. The van der Waals surface area contributed by atoms with Crippen LogP contribution in [-0.2, 0) is 0 Å². The highest BCUT2D eigenvalue weighted by atomic mass is 16.5. The second-order valence-corrected chi connectivity index (χ2v) is 6.19. The quantitative estimate of drug-likeness (QED) is 0.713. The van der Waals surface area contributed by atoms with Gasteiger partial charge in [-0.05, 0) is 38.8 Å². The normalized spacial score (nSPS) is 16.0. The number of rotatable bonds is 2. The summed E-state index contributed by atoms with van der Waals surface area (Å²) in [7, 11) is 0. The first kappa shape index (κ1) is 14.8. The van der Waals surface area contributed by atoms with Gasteiger partial charge in [0.05, 0.1) is 5.69 Å². The smallest absolute Gasteiger partial charge is 0.276 e. The van der Waals surface area contributed by atoms with Crippen molar-refractivity contribution in [3.05, 3.63) is 41.2 Å². The summed E-state index contributed by atoms with van der Waals surface area (Å²) in [6.45, 7) is 5.05. The molecule has 24 heavy (non-hydrogen) atoms. The Hall–Kier alpha value is -2.77. The first-order chi connectivity index (χ1) is 11.6. The van der Waals surface area contributed by atoms with E-state index in [4.69, 9.17) is 4.52 Å². The average molecular weight is 326 g/mol. The molecule has 1 fully saturated rings. The zero-order valence-electron chi connectivity index (χ0n) is 13.6. The minimum atomic E-state index is -0.0784. The molecule has 3 aromatic rings. The van der Waals surface area contributed by atoms with Crippen LogP contribution in [0.25, 0.3) is 5.65 Å². The van der Waals surface area contributed by atoms with Crippen molar-refractivity contribution < 1.29 is 9.32 Å². The van der Waals surface area contributed by atoms with Crippen LogP contribution in [0.3, 0.4) is 0 Å². The van der Waals surface area contributed by atoms with Gasteiger partial charge in [-0.2, -0.15) is 9.61 Å². The maximum Gasteiger partial charge on any atom is 0.276 e. The first-order valence-corrected chi connectivity index (χ1v) is 8.03. The summed E-state index contributed by atoms with van der Waals surface area (Å²) in [6.07, 6.45) is 1.66. The zero-order valence-corrected chi connectivity index (χ0v) is 13.6. The van der Waals surface area contributed by atoms with Crippen molar-refractivity contribution in [2.75, 3.05) is 13.1 Å². The lowest BCUT2D eigenvalue weighted by molar-refractivity contribution is 0.0700. The number of hydrogen-bond donors (Lipinski definition) is 0. The second-order valence-electron chi connectivity index (χ2n) is 6.19. The van der Waals surface area contributed by atoms with E-state index in [2.05, 4.69) is 20.5 Å². The SMILES string of the molecule is Cc1ccc2nnc(C3CCN(C(=O)c4cc(C)on4)CC3)n2n1. The van der Waals surface area contributed by atoms with Crippen LogP contribution in [-0.4, -0.2) is 48.9 Å². The molecule has 4 heterocycles. The summed E-state index contributed by atoms with van der Waals surface area (Å²) in [5.74, 6) is 1.69. The molecule has 4 rings (SSSR count). The molecule has 0 saturated carbocycles. The Bertz CT molecular complexity index is 891. The summed E-state index contributed by atoms with van der Waals surface area (Å²) in [5, 5.41) is 16.8. The van der Waals surface area contributed by atoms with E-state index in [-0.39, 0.29) is 11.8 Å². The molecular formula is C16H18N6O2. The Morgan fingerprint density at radius 3 is 2.71 bits per heavy atom. The Morgan fingerprint density at radius 1 is 1.21 bits per heavy atom. The minimum Gasteiger partial charge on any atom is -0.361 e. The molecule has 0 atom stereocenters. The van der Waals surface area contributed by atoms with Crippen LogP contribution >= 0.6 is 0 Å². The van der Waals surface area contributed by atoms with Crippen LogP contribution in [0.4, 0.5) is 0 Å². The van der Waals surface area contributed by atoms with Crippen molar-refractivity contribution in [3.63, 3.8) is 0 Å². The first-order valence-electron chi connectivity index (χ1n) is 8.03. The fourth-order valence-corrected chi connectivity index (χ4v) is 3.12. The number of likely N-dealkylation sites (tertiary alicyclic amines) is 1. The third kappa shape index (κ3) is 2.53. The van der Waals surface area contributed by atoms with Gasteiger partial charge in [0.2, 0.25) is 0 Å². The molecule has 0 spiro atoms. The van der Waals surface area contributed by atoms with E-state index < -0.39 is 0 Å². The molecule has 0 aromatic carbocycles. The molecule has 1 saturated heterocycles. The molecule has 8 nitrogen and oxygen atoms in total. The molecule has 124 valence electrons. The van der Waals surface area contributed by atoms with Crippen LogP contribution in [0.2, 0.25) is 0 Å². The third-order valence-corrected chi connectivity index (χ3v) is 4.41. The van der Waals surface area contributed by atoms with Gasteiger partial charge in [0.25, 0.3) is 5.91 Å². The molecule has 0 bridgehead atoms. The topological polar surface area (TPSA) is 89.4 Å². The molecule has 0 radical (unpaired) electrons. The maximum absolute atomic E-state index is 12.4. The van der Waals surface area contributed by atoms with E-state index in [0.717, 1.165) is 30.0 Å². The van der Waals surface area contributed by atoms with Crippen molar-refractivity contribution in [1.29, 1.82) is 0 Å². The number of piperidine rings is 1. The van der Waals surface area contributed by atoms with Gasteiger partial charge in [-0.1, -0.05) is 5.16 Å². The fourth-order valence-electron chi connectivity index (χ4n) is 3.12. The number of aromatic nitrogens is 5. The van der Waals surface area contributed by atoms with Crippen molar-refractivity contribution in [1.82, 2.24) is 29.9 Å². The van der Waals surface area contributed by atoms with Gasteiger partial charge in [-0.3, -0.25) is 4.79 Å². The molecular weight excluding hydrogens is 308 g/mol. The van der Waals surface area contributed by atoms with Crippen LogP contribution < -0.4 is 0 Å². The summed E-state index contributed by atoms with van der Waals surface area (Å²) < 4.78 is 6.81. The number of carbonyl (C=O) groups is 1. The molecule has 1 aliphatic heterocycles. The lowest BCUT2D eigenvalue weighted by Crippen LogP contribution is -2.38. The summed E-state index contributed by atoms with van der Waals surface area (Å²) >= 11 is 0. The third-order valence-electron chi connectivity index (χ3n) is 4.41. The Morgan fingerprint density at radius 2 is 2.00 bits per heavy atom. The predicted molar refractivity (Wildman–Crippen MR) is 84.6 cm³/mol. The van der Waals surface area contributed by atoms with E-state index >= 15 is 0 Å². The van der Waals surface area contributed by atoms with E-state index in [1.165, 1.54) is 0 Å². The molecule has 1 aliphatic rings. The Kier molecular flexibility index (Phi) is 3.51. The van der Waals surface area contributed by atoms with Crippen molar-refractivity contribution in [3.8, 4) is 0 Å². The standard InChI is InChI=1S/C16H18N6O2/c1-10-3-4-14-17-18-15(22(14)19-10)12-5-7-21(8-6-12)16(23)13-9-11(2)24-20-13/h3-4,9,12H,5-8H2,1-2H3. The van der Waals surface area contributed by atoms with Crippen molar-refractivity contribution in [2.45, 2.75) is 32.6 Å². The predicted octanol–water partition coefficient (Wildman–Crippen LogP) is 1.75. The van der Waals surface area contributed by atoms with Gasteiger partial charge in [0.15, 0.2) is 17.2 Å². The molecule has 0 aliphatic carbocycles. The molecule has 0 N–H and O–H groups in total. The monoisotopic (exact) mass is 326 g/mol. The highest BCUT2D eigenvalue weighted by Gasteiger charge is 2.28. The van der Waals surface area contributed by atoms with E-state index in [9.17, 15) is 4.79 Å². The van der Waals surface area contributed by atoms with Gasteiger partial charge in [0, 0.05) is 25.1 Å². The lowest BCUT2D eigenvalue weighted by Gasteiger charge is -2.30. The zero-order chi connectivity index (χ0) is 16.7. The summed E-state index contributed by atoms with van der Waals surface area (Å²) in [4.78, 5) is 14.2. The molecule has 8 heteroatoms. The van der Waals surface area contributed by atoms with Crippen molar-refractivity contribution >= 4 is 11.6 Å². The van der Waals surface area contributed by atoms with Gasteiger partial charge >= 0.3 is 0 Å². The highest BCUT2D eigenvalue weighted by molar-refractivity contribution is 5.92. The Labute approximate surface area is 138 Å². The van der Waals surface area contributed by atoms with Crippen LogP contribution in [0.5, 0.6) is 0 Å². The molecule has 0 unspecified atom stereocenters. The average Bonchev–Trinajstić information content (AvgIpc) is 3.20. The number of aryl methyl sites for hydroxylation is 2. The van der Waals surface area contributed by atoms with E-state index in [1.54, 1.807) is 13.0 Å². The molecule has 3 aromatic heterocycles. The van der Waals surface area contributed by atoms with Gasteiger partial charge in [-0.25, -0.2) is 0 Å². The lowest BCUT2D eigenvalue weighted by atomic mass is 9.96. The van der Waals surface area contributed by atoms with Crippen LogP contribution in [0, 0.1) is 13.8 Å². The number of nitrogens with zero attached hydrogens (tertiary/aromatic N) is 6. The highest BCUT2D eigenvalue weighted by Crippen LogP contribution is 2.27. The van der Waals surface area contributed by atoms with Crippen molar-refractivity contribution in [2.24, 2.45) is 0 Å².